The summed E-state index contributed by atoms with van der Waals surface area (Å²) in [5, 5.41) is 0.605. The molecule has 0 unspecified atom stereocenters. The van der Waals surface area contributed by atoms with Gasteiger partial charge in [-0.25, -0.2) is 0 Å². The van der Waals surface area contributed by atoms with Crippen LogP contribution in [0.3, 0.4) is 0 Å². The maximum absolute atomic E-state index is 13.4. The van der Waals surface area contributed by atoms with Crippen molar-refractivity contribution >= 4 is 43.8 Å². The molecule has 0 bridgehead atoms. The van der Waals surface area contributed by atoms with E-state index < -0.39 is 22.5 Å². The number of hydrogen-bond donors (Lipinski definition) is 0. The molecule has 0 N–H and O–H groups in total. The van der Waals surface area contributed by atoms with Crippen LogP contribution in [0.15, 0.2) is 33.5 Å². The second kappa shape index (κ2) is 7.19. The number of benzene rings is 2. The van der Waals surface area contributed by atoms with Crippen molar-refractivity contribution in [2.75, 3.05) is 14.2 Å². The zero-order valence-corrected chi connectivity index (χ0v) is 18.8. The molecular formula is C22H21BrO7. The lowest BCUT2D eigenvalue weighted by atomic mass is 9.89. The van der Waals surface area contributed by atoms with Gasteiger partial charge in [0.05, 0.1) is 30.0 Å². The van der Waals surface area contributed by atoms with Crippen molar-refractivity contribution in [2.24, 2.45) is 0 Å². The van der Waals surface area contributed by atoms with Gasteiger partial charge in [0.25, 0.3) is 0 Å². The molecule has 2 atom stereocenters. The monoisotopic (exact) mass is 476 g/mol. The molecule has 1 aliphatic rings. The number of alkyl halides is 1. The van der Waals surface area contributed by atoms with Gasteiger partial charge in [0.1, 0.15) is 22.5 Å². The summed E-state index contributed by atoms with van der Waals surface area (Å²) in [6, 6.07) is 6.73. The van der Waals surface area contributed by atoms with E-state index >= 15 is 0 Å². The molecular weight excluding hydrogens is 456 g/mol. The Kier molecular flexibility index (Phi) is 4.92. The van der Waals surface area contributed by atoms with Crippen LogP contribution in [0.4, 0.5) is 0 Å². The van der Waals surface area contributed by atoms with Crippen LogP contribution in [0.25, 0.3) is 21.9 Å². The van der Waals surface area contributed by atoms with E-state index in [2.05, 4.69) is 15.9 Å². The van der Waals surface area contributed by atoms with Crippen molar-refractivity contribution in [1.82, 2.24) is 0 Å². The number of ether oxygens (including phenoxy) is 4. The van der Waals surface area contributed by atoms with E-state index in [0.29, 0.717) is 33.8 Å². The quantitative estimate of drug-likeness (QED) is 0.312. The molecule has 0 amide bonds. The zero-order valence-electron chi connectivity index (χ0n) is 17.2. The Morgan fingerprint density at radius 2 is 1.83 bits per heavy atom. The summed E-state index contributed by atoms with van der Waals surface area (Å²) in [7, 11) is 2.98. The fourth-order valence-corrected chi connectivity index (χ4v) is 4.27. The highest BCUT2D eigenvalue weighted by Crippen LogP contribution is 2.50. The van der Waals surface area contributed by atoms with Crippen LogP contribution >= 0.6 is 15.9 Å². The van der Waals surface area contributed by atoms with Crippen LogP contribution in [0.5, 0.6) is 17.2 Å². The Morgan fingerprint density at radius 1 is 1.13 bits per heavy atom. The van der Waals surface area contributed by atoms with Crippen molar-refractivity contribution in [2.45, 2.75) is 37.3 Å². The lowest BCUT2D eigenvalue weighted by Gasteiger charge is -2.41. The second-order valence-electron chi connectivity index (χ2n) is 7.60. The number of esters is 1. The van der Waals surface area contributed by atoms with E-state index in [-0.39, 0.29) is 16.4 Å². The minimum Gasteiger partial charge on any atom is -0.496 e. The van der Waals surface area contributed by atoms with Gasteiger partial charge in [0, 0.05) is 13.0 Å². The Bertz CT molecular complexity index is 1230. The number of carbonyl (C=O) groups excluding carboxylic acids is 1. The first kappa shape index (κ1) is 20.5. The Balaban J connectivity index is 2.19. The largest absolute Gasteiger partial charge is 0.496 e. The molecule has 8 heteroatoms. The molecule has 1 aromatic heterocycles. The fraction of sp³-hybridized carbons (Fsp3) is 0.364. The highest BCUT2D eigenvalue weighted by molar-refractivity contribution is 9.09. The standard InChI is InChI=1S/C22H21BrO7/c1-10(24)28-20-16-14(30-22(2,3)21(20)23)9-13(27-5)15-17(25)11-7-6-8-12(26-4)18(11)29-19(15)16/h6-9,20-21H,1-5H3/t20-,21+/m0/s1. The van der Waals surface area contributed by atoms with Gasteiger partial charge in [-0.3, -0.25) is 9.59 Å². The van der Waals surface area contributed by atoms with Crippen LogP contribution in [0.2, 0.25) is 0 Å². The number of rotatable bonds is 3. The van der Waals surface area contributed by atoms with E-state index in [9.17, 15) is 9.59 Å². The number of hydrogen-bond acceptors (Lipinski definition) is 7. The number of fused-ring (bicyclic) bond motifs is 4. The van der Waals surface area contributed by atoms with Gasteiger partial charge >= 0.3 is 5.97 Å². The molecule has 30 heavy (non-hydrogen) atoms. The van der Waals surface area contributed by atoms with Crippen LogP contribution in [0, 0.1) is 0 Å². The molecule has 0 aliphatic carbocycles. The molecule has 1 aliphatic heterocycles. The lowest BCUT2D eigenvalue weighted by molar-refractivity contribution is -0.149. The molecule has 0 saturated heterocycles. The normalized spacial score (nSPS) is 19.8. The number of halogens is 1. The van der Waals surface area contributed by atoms with Crippen molar-refractivity contribution in [3.8, 4) is 17.2 Å². The van der Waals surface area contributed by atoms with E-state index in [1.807, 2.05) is 13.8 Å². The predicted molar refractivity (Wildman–Crippen MR) is 115 cm³/mol. The molecule has 2 aromatic carbocycles. The molecule has 2 heterocycles. The maximum Gasteiger partial charge on any atom is 0.303 e. The first-order valence-corrected chi connectivity index (χ1v) is 10.3. The average molecular weight is 477 g/mol. The molecule has 0 fully saturated rings. The van der Waals surface area contributed by atoms with Crippen molar-refractivity contribution in [3.63, 3.8) is 0 Å². The van der Waals surface area contributed by atoms with E-state index in [1.54, 1.807) is 24.3 Å². The van der Waals surface area contributed by atoms with Crippen LogP contribution in [-0.2, 0) is 9.53 Å². The van der Waals surface area contributed by atoms with Gasteiger partial charge < -0.3 is 23.4 Å². The van der Waals surface area contributed by atoms with Gasteiger partial charge in [-0.05, 0) is 26.0 Å². The molecule has 4 rings (SSSR count). The summed E-state index contributed by atoms with van der Waals surface area (Å²) >= 11 is 3.61. The summed E-state index contributed by atoms with van der Waals surface area (Å²) in [5.74, 6) is 0.689. The minimum atomic E-state index is -0.745. The average Bonchev–Trinajstić information content (AvgIpc) is 2.69. The van der Waals surface area contributed by atoms with Gasteiger partial charge in [0.15, 0.2) is 23.0 Å². The molecule has 158 valence electrons. The van der Waals surface area contributed by atoms with Crippen LogP contribution < -0.4 is 19.6 Å². The first-order chi connectivity index (χ1) is 14.2. The third-order valence-electron chi connectivity index (χ3n) is 5.22. The second-order valence-corrected chi connectivity index (χ2v) is 8.59. The van der Waals surface area contributed by atoms with Gasteiger partial charge in [0.2, 0.25) is 5.43 Å². The smallest absolute Gasteiger partial charge is 0.303 e. The SMILES string of the molecule is COc1cccc2c(=O)c3c(OC)cc4c(c3oc12)[C@H](OC(C)=O)[C@@H](Br)C(C)(C)O4. The van der Waals surface area contributed by atoms with Crippen LogP contribution in [-0.4, -0.2) is 30.6 Å². The Hall–Kier alpha value is -2.74. The van der Waals surface area contributed by atoms with E-state index in [0.717, 1.165) is 0 Å². The first-order valence-electron chi connectivity index (χ1n) is 9.34. The Labute approximate surface area is 181 Å². The molecule has 0 saturated carbocycles. The summed E-state index contributed by atoms with van der Waals surface area (Å²) < 4.78 is 29.0. The predicted octanol–water partition coefficient (Wildman–Crippen LogP) is 4.50. The highest BCUT2D eigenvalue weighted by atomic mass is 79.9. The van der Waals surface area contributed by atoms with Crippen molar-refractivity contribution in [3.05, 3.63) is 40.1 Å². The summed E-state index contributed by atoms with van der Waals surface area (Å²) in [4.78, 5) is 24.9. The Morgan fingerprint density at radius 3 is 2.47 bits per heavy atom. The summed E-state index contributed by atoms with van der Waals surface area (Å²) in [6.45, 7) is 5.09. The summed E-state index contributed by atoms with van der Waals surface area (Å²) in [6.07, 6.45) is -0.745. The number of carbonyl (C=O) groups is 1. The van der Waals surface area contributed by atoms with Crippen molar-refractivity contribution < 1.29 is 28.2 Å². The fourth-order valence-electron chi connectivity index (χ4n) is 3.81. The summed E-state index contributed by atoms with van der Waals surface area (Å²) in [5.41, 5.74) is 0.0122. The molecule has 0 spiro atoms. The third-order valence-corrected chi connectivity index (χ3v) is 6.80. The van der Waals surface area contributed by atoms with Gasteiger partial charge in [-0.1, -0.05) is 22.0 Å². The van der Waals surface area contributed by atoms with E-state index in [4.69, 9.17) is 23.4 Å². The van der Waals surface area contributed by atoms with Gasteiger partial charge in [-0.15, -0.1) is 0 Å². The van der Waals surface area contributed by atoms with Crippen molar-refractivity contribution in [1.29, 1.82) is 0 Å². The van der Waals surface area contributed by atoms with Gasteiger partial charge in [-0.2, -0.15) is 0 Å². The highest BCUT2D eigenvalue weighted by Gasteiger charge is 2.46. The topological polar surface area (TPSA) is 84.2 Å². The molecule has 3 aromatic rings. The minimum absolute atomic E-state index is 0.234. The molecule has 7 nitrogen and oxygen atoms in total. The zero-order chi connectivity index (χ0) is 21.8. The number of methoxy groups -OCH3 is 2. The van der Waals surface area contributed by atoms with E-state index in [1.165, 1.54) is 21.1 Å². The third kappa shape index (κ3) is 3.01. The molecule has 0 radical (unpaired) electrons. The lowest BCUT2D eigenvalue weighted by Crippen LogP contribution is -2.46. The maximum atomic E-state index is 13.4. The number of para-hydroxylation sites is 1. The van der Waals surface area contributed by atoms with Crippen LogP contribution in [0.1, 0.15) is 32.4 Å².